The lowest BCUT2D eigenvalue weighted by molar-refractivity contribution is 0.365. The van der Waals surface area contributed by atoms with Gasteiger partial charge in [-0.25, -0.2) is 0 Å². The summed E-state index contributed by atoms with van der Waals surface area (Å²) in [4.78, 5) is 4.32. The van der Waals surface area contributed by atoms with Crippen molar-refractivity contribution in [2.24, 2.45) is 0 Å². The van der Waals surface area contributed by atoms with Crippen molar-refractivity contribution < 1.29 is 9.26 Å². The zero-order valence-corrected chi connectivity index (χ0v) is 10.1. The van der Waals surface area contributed by atoms with E-state index in [0.717, 1.165) is 5.56 Å². The van der Waals surface area contributed by atoms with E-state index in [9.17, 15) is 0 Å². The highest BCUT2D eigenvalue weighted by molar-refractivity contribution is 5.68. The third-order valence-corrected chi connectivity index (χ3v) is 2.40. The molecule has 1 heterocycles. The number of nitrogen functional groups attached to an aromatic ring is 1. The molecule has 0 fully saturated rings. The van der Waals surface area contributed by atoms with Crippen molar-refractivity contribution in [2.75, 3.05) is 12.8 Å². The number of hydrogen-bond acceptors (Lipinski definition) is 5. The molecule has 0 saturated carbocycles. The molecular formula is C12H15N3O2. The summed E-state index contributed by atoms with van der Waals surface area (Å²) in [5.41, 5.74) is 7.12. The van der Waals surface area contributed by atoms with Gasteiger partial charge in [-0.05, 0) is 18.2 Å². The van der Waals surface area contributed by atoms with Crippen LogP contribution in [0, 0.1) is 0 Å². The van der Waals surface area contributed by atoms with Crippen LogP contribution >= 0.6 is 0 Å². The zero-order chi connectivity index (χ0) is 12.4. The molecule has 0 aliphatic rings. The van der Waals surface area contributed by atoms with Crippen LogP contribution in [0.3, 0.4) is 0 Å². The molecule has 0 atom stereocenters. The first-order valence-electron chi connectivity index (χ1n) is 5.39. The monoisotopic (exact) mass is 233 g/mol. The first kappa shape index (κ1) is 11.4. The molecule has 0 radical (unpaired) electrons. The van der Waals surface area contributed by atoms with Crippen molar-refractivity contribution >= 4 is 5.69 Å². The third kappa shape index (κ3) is 2.22. The first-order valence-corrected chi connectivity index (χ1v) is 5.39. The lowest BCUT2D eigenvalue weighted by atomic mass is 10.1. The smallest absolute Gasteiger partial charge is 0.229 e. The summed E-state index contributed by atoms with van der Waals surface area (Å²) in [5, 5.41) is 3.94. The molecule has 5 heteroatoms. The first-order chi connectivity index (χ1) is 8.11. The van der Waals surface area contributed by atoms with Crippen LogP contribution in [0.1, 0.15) is 25.7 Å². The van der Waals surface area contributed by atoms with E-state index < -0.39 is 0 Å². The predicted octanol–water partition coefficient (Wildman–Crippen LogP) is 2.45. The molecule has 0 bridgehead atoms. The second-order valence-electron chi connectivity index (χ2n) is 4.07. The average molecular weight is 233 g/mol. The van der Waals surface area contributed by atoms with E-state index in [4.69, 9.17) is 15.0 Å². The largest absolute Gasteiger partial charge is 0.496 e. The van der Waals surface area contributed by atoms with Crippen molar-refractivity contribution in [2.45, 2.75) is 19.8 Å². The summed E-state index contributed by atoms with van der Waals surface area (Å²) in [6.45, 7) is 3.99. The van der Waals surface area contributed by atoms with E-state index in [1.165, 1.54) is 0 Å². The minimum atomic E-state index is 0.198. The summed E-state index contributed by atoms with van der Waals surface area (Å²) in [5.74, 6) is 1.97. The number of nitrogens with two attached hydrogens (primary N) is 1. The number of benzene rings is 1. The van der Waals surface area contributed by atoms with Gasteiger partial charge >= 0.3 is 0 Å². The quantitative estimate of drug-likeness (QED) is 0.824. The SMILES string of the molecule is COc1ccc(N)cc1-c1noc(C(C)C)n1. The van der Waals surface area contributed by atoms with Gasteiger partial charge in [0, 0.05) is 11.6 Å². The van der Waals surface area contributed by atoms with Gasteiger partial charge in [-0.3, -0.25) is 0 Å². The second-order valence-corrected chi connectivity index (χ2v) is 4.07. The van der Waals surface area contributed by atoms with Crippen molar-refractivity contribution in [3.05, 3.63) is 24.1 Å². The fourth-order valence-corrected chi connectivity index (χ4v) is 1.48. The zero-order valence-electron chi connectivity index (χ0n) is 10.1. The van der Waals surface area contributed by atoms with E-state index >= 15 is 0 Å². The maximum absolute atomic E-state index is 5.74. The third-order valence-electron chi connectivity index (χ3n) is 2.40. The summed E-state index contributed by atoms with van der Waals surface area (Å²) in [7, 11) is 1.60. The molecule has 1 aromatic heterocycles. The fraction of sp³-hybridized carbons (Fsp3) is 0.333. The van der Waals surface area contributed by atoms with E-state index in [-0.39, 0.29) is 5.92 Å². The molecule has 0 saturated heterocycles. The lowest BCUT2D eigenvalue weighted by Crippen LogP contribution is -1.93. The predicted molar refractivity (Wildman–Crippen MR) is 64.8 cm³/mol. The molecule has 0 spiro atoms. The Morgan fingerprint density at radius 2 is 2.12 bits per heavy atom. The van der Waals surface area contributed by atoms with Crippen LogP contribution in [0.5, 0.6) is 5.75 Å². The van der Waals surface area contributed by atoms with Crippen LogP contribution in [0.4, 0.5) is 5.69 Å². The molecule has 0 amide bonds. The second kappa shape index (κ2) is 4.45. The normalized spacial score (nSPS) is 10.8. The Balaban J connectivity index is 2.47. The van der Waals surface area contributed by atoms with Gasteiger partial charge in [-0.1, -0.05) is 19.0 Å². The lowest BCUT2D eigenvalue weighted by Gasteiger charge is -2.05. The van der Waals surface area contributed by atoms with E-state index in [1.807, 2.05) is 13.8 Å². The molecule has 17 heavy (non-hydrogen) atoms. The Morgan fingerprint density at radius 1 is 1.35 bits per heavy atom. The summed E-state index contributed by atoms with van der Waals surface area (Å²) in [6.07, 6.45) is 0. The van der Waals surface area contributed by atoms with Crippen molar-refractivity contribution in [1.82, 2.24) is 10.1 Å². The Morgan fingerprint density at radius 3 is 2.71 bits per heavy atom. The number of anilines is 1. The Bertz CT molecular complexity index is 520. The van der Waals surface area contributed by atoms with E-state index in [1.54, 1.807) is 25.3 Å². The minimum absolute atomic E-state index is 0.198. The van der Waals surface area contributed by atoms with Gasteiger partial charge in [-0.15, -0.1) is 0 Å². The van der Waals surface area contributed by atoms with Crippen LogP contribution < -0.4 is 10.5 Å². The molecule has 2 N–H and O–H groups in total. The highest BCUT2D eigenvalue weighted by atomic mass is 16.5. The molecule has 0 unspecified atom stereocenters. The number of ether oxygens (including phenoxy) is 1. The van der Waals surface area contributed by atoms with Gasteiger partial charge < -0.3 is 15.0 Å². The van der Waals surface area contributed by atoms with Gasteiger partial charge in [0.15, 0.2) is 0 Å². The van der Waals surface area contributed by atoms with Crippen LogP contribution in [0.25, 0.3) is 11.4 Å². The van der Waals surface area contributed by atoms with Crippen molar-refractivity contribution in [3.8, 4) is 17.1 Å². The molecule has 90 valence electrons. The summed E-state index contributed by atoms with van der Waals surface area (Å²) < 4.78 is 10.4. The van der Waals surface area contributed by atoms with Crippen LogP contribution in [0.2, 0.25) is 0 Å². The van der Waals surface area contributed by atoms with Crippen LogP contribution in [-0.2, 0) is 0 Å². The van der Waals surface area contributed by atoms with Crippen LogP contribution in [0.15, 0.2) is 22.7 Å². The molecule has 0 aliphatic carbocycles. The molecule has 1 aromatic carbocycles. The number of aromatic nitrogens is 2. The summed E-state index contributed by atoms with van der Waals surface area (Å²) in [6, 6.07) is 5.33. The van der Waals surface area contributed by atoms with Gasteiger partial charge in [-0.2, -0.15) is 4.98 Å². The summed E-state index contributed by atoms with van der Waals surface area (Å²) >= 11 is 0. The highest BCUT2D eigenvalue weighted by Gasteiger charge is 2.15. The van der Waals surface area contributed by atoms with E-state index in [2.05, 4.69) is 10.1 Å². The topological polar surface area (TPSA) is 74.2 Å². The molecule has 2 aromatic rings. The minimum Gasteiger partial charge on any atom is -0.496 e. The number of nitrogens with zero attached hydrogens (tertiary/aromatic N) is 2. The van der Waals surface area contributed by atoms with Gasteiger partial charge in [0.2, 0.25) is 11.7 Å². The van der Waals surface area contributed by atoms with Crippen molar-refractivity contribution in [1.29, 1.82) is 0 Å². The average Bonchev–Trinajstić information content (AvgIpc) is 2.78. The van der Waals surface area contributed by atoms with Gasteiger partial charge in [0.25, 0.3) is 0 Å². The van der Waals surface area contributed by atoms with E-state index in [0.29, 0.717) is 23.2 Å². The number of rotatable bonds is 3. The highest BCUT2D eigenvalue weighted by Crippen LogP contribution is 2.30. The number of methoxy groups -OCH3 is 1. The van der Waals surface area contributed by atoms with Gasteiger partial charge in [0.1, 0.15) is 5.75 Å². The standard InChI is InChI=1S/C12H15N3O2/c1-7(2)12-14-11(15-17-12)9-6-8(13)4-5-10(9)16-3/h4-7H,13H2,1-3H3. The van der Waals surface area contributed by atoms with Gasteiger partial charge in [0.05, 0.1) is 12.7 Å². The molecule has 0 aliphatic heterocycles. The van der Waals surface area contributed by atoms with Crippen LogP contribution in [-0.4, -0.2) is 17.3 Å². The Labute approximate surface area is 99.6 Å². The fourth-order valence-electron chi connectivity index (χ4n) is 1.48. The molecule has 5 nitrogen and oxygen atoms in total. The Hall–Kier alpha value is -2.04. The Kier molecular flexibility index (Phi) is 2.99. The maximum atomic E-state index is 5.74. The molecular weight excluding hydrogens is 218 g/mol. The number of hydrogen-bond donors (Lipinski definition) is 1. The van der Waals surface area contributed by atoms with Crippen molar-refractivity contribution in [3.63, 3.8) is 0 Å². The maximum Gasteiger partial charge on any atom is 0.229 e. The molecule has 2 rings (SSSR count).